The predicted molar refractivity (Wildman–Crippen MR) is 74.1 cm³/mol. The molecule has 18 heavy (non-hydrogen) atoms. The minimum absolute atomic E-state index is 0.201. The van der Waals surface area contributed by atoms with Crippen LogP contribution in [0.3, 0.4) is 0 Å². The second-order valence-electron chi connectivity index (χ2n) is 4.80. The van der Waals surface area contributed by atoms with E-state index in [0.29, 0.717) is 12.6 Å². The first-order chi connectivity index (χ1) is 8.61. The molecule has 1 N–H and O–H groups in total. The van der Waals surface area contributed by atoms with Gasteiger partial charge in [0.05, 0.1) is 12.6 Å². The highest BCUT2D eigenvalue weighted by Gasteiger charge is 2.14. The summed E-state index contributed by atoms with van der Waals surface area (Å²) < 4.78 is 11.5. The number of nitrogens with one attached hydrogen (secondary N) is 1. The number of benzene rings is 1. The molecule has 1 atom stereocenters. The Morgan fingerprint density at radius 1 is 1.28 bits per heavy atom. The summed E-state index contributed by atoms with van der Waals surface area (Å²) in [6.45, 7) is 8.99. The Kier molecular flexibility index (Phi) is 3.92. The standard InChI is InChI=1S/C15H21NO2/c1-5-17-13-8-6-7-12-9-14(18-15(12)13)11(4)16-10(2)3/h6-11,16H,5H2,1-4H3. The second kappa shape index (κ2) is 5.44. The van der Waals surface area contributed by atoms with Gasteiger partial charge >= 0.3 is 0 Å². The first kappa shape index (κ1) is 13.0. The van der Waals surface area contributed by atoms with Gasteiger partial charge in [0.2, 0.25) is 0 Å². The van der Waals surface area contributed by atoms with E-state index in [4.69, 9.17) is 9.15 Å². The maximum absolute atomic E-state index is 5.93. The van der Waals surface area contributed by atoms with Crippen LogP contribution in [-0.2, 0) is 0 Å². The summed E-state index contributed by atoms with van der Waals surface area (Å²) in [6.07, 6.45) is 0. The van der Waals surface area contributed by atoms with E-state index in [1.54, 1.807) is 0 Å². The first-order valence-electron chi connectivity index (χ1n) is 6.53. The summed E-state index contributed by atoms with van der Waals surface area (Å²) in [5.74, 6) is 1.77. The molecule has 0 saturated heterocycles. The van der Waals surface area contributed by atoms with E-state index in [9.17, 15) is 0 Å². The molecule has 0 fully saturated rings. The van der Waals surface area contributed by atoms with Crippen molar-refractivity contribution in [2.45, 2.75) is 39.8 Å². The van der Waals surface area contributed by atoms with Crippen LogP contribution >= 0.6 is 0 Å². The zero-order valence-electron chi connectivity index (χ0n) is 11.5. The third-order valence-electron chi connectivity index (χ3n) is 2.84. The van der Waals surface area contributed by atoms with Crippen molar-refractivity contribution in [3.05, 3.63) is 30.0 Å². The highest BCUT2D eigenvalue weighted by molar-refractivity contribution is 5.83. The van der Waals surface area contributed by atoms with Crippen LogP contribution in [0.2, 0.25) is 0 Å². The van der Waals surface area contributed by atoms with Gasteiger partial charge in [-0.25, -0.2) is 0 Å². The fourth-order valence-corrected chi connectivity index (χ4v) is 2.12. The molecule has 0 aliphatic rings. The number of furan rings is 1. The highest BCUT2D eigenvalue weighted by Crippen LogP contribution is 2.31. The fraction of sp³-hybridized carbons (Fsp3) is 0.467. The van der Waals surface area contributed by atoms with Crippen molar-refractivity contribution in [2.24, 2.45) is 0 Å². The summed E-state index contributed by atoms with van der Waals surface area (Å²) in [6, 6.07) is 8.70. The molecule has 3 heteroatoms. The maximum atomic E-state index is 5.93. The monoisotopic (exact) mass is 247 g/mol. The maximum Gasteiger partial charge on any atom is 0.176 e. The molecule has 2 rings (SSSR count). The molecule has 0 spiro atoms. The zero-order valence-corrected chi connectivity index (χ0v) is 11.5. The number of rotatable bonds is 5. The van der Waals surface area contributed by atoms with Crippen molar-refractivity contribution < 1.29 is 9.15 Å². The minimum atomic E-state index is 0.201. The molecule has 1 heterocycles. The Hall–Kier alpha value is -1.48. The Morgan fingerprint density at radius 2 is 2.06 bits per heavy atom. The van der Waals surface area contributed by atoms with E-state index < -0.39 is 0 Å². The van der Waals surface area contributed by atoms with E-state index in [1.165, 1.54) is 0 Å². The molecule has 0 amide bonds. The predicted octanol–water partition coefficient (Wildman–Crippen LogP) is 3.89. The molecule has 1 unspecified atom stereocenters. The fourth-order valence-electron chi connectivity index (χ4n) is 2.12. The summed E-state index contributed by atoms with van der Waals surface area (Å²) >= 11 is 0. The molecule has 0 aliphatic heterocycles. The van der Waals surface area contributed by atoms with Crippen molar-refractivity contribution in [2.75, 3.05) is 6.61 Å². The van der Waals surface area contributed by atoms with E-state index in [1.807, 2.05) is 25.1 Å². The van der Waals surface area contributed by atoms with Gasteiger partial charge < -0.3 is 14.5 Å². The van der Waals surface area contributed by atoms with Gasteiger partial charge in [0.15, 0.2) is 11.3 Å². The topological polar surface area (TPSA) is 34.4 Å². The Labute approximate surface area is 108 Å². The lowest BCUT2D eigenvalue weighted by atomic mass is 10.2. The van der Waals surface area contributed by atoms with Crippen molar-refractivity contribution in [3.8, 4) is 5.75 Å². The van der Waals surface area contributed by atoms with E-state index in [-0.39, 0.29) is 6.04 Å². The smallest absolute Gasteiger partial charge is 0.176 e. The SMILES string of the molecule is CCOc1cccc2cc(C(C)NC(C)C)oc12. The third kappa shape index (κ3) is 2.67. The van der Waals surface area contributed by atoms with Gasteiger partial charge in [-0.1, -0.05) is 26.0 Å². The van der Waals surface area contributed by atoms with Crippen molar-refractivity contribution >= 4 is 11.0 Å². The van der Waals surface area contributed by atoms with Crippen LogP contribution in [0, 0.1) is 0 Å². The number of hydrogen-bond donors (Lipinski definition) is 1. The van der Waals surface area contributed by atoms with Crippen LogP contribution in [0.5, 0.6) is 5.75 Å². The Morgan fingerprint density at radius 3 is 2.72 bits per heavy atom. The third-order valence-corrected chi connectivity index (χ3v) is 2.84. The molecule has 0 saturated carbocycles. The summed E-state index contributed by atoms with van der Waals surface area (Å²) in [5.41, 5.74) is 0.840. The van der Waals surface area contributed by atoms with Crippen molar-refractivity contribution in [1.82, 2.24) is 5.32 Å². The van der Waals surface area contributed by atoms with E-state index >= 15 is 0 Å². The second-order valence-corrected chi connectivity index (χ2v) is 4.80. The molecular formula is C15H21NO2. The quantitative estimate of drug-likeness (QED) is 0.870. The Bertz CT molecular complexity index is 516. The molecular weight excluding hydrogens is 226 g/mol. The largest absolute Gasteiger partial charge is 0.490 e. The first-order valence-corrected chi connectivity index (χ1v) is 6.53. The molecule has 2 aromatic rings. The number of para-hydroxylation sites is 1. The van der Waals surface area contributed by atoms with Gasteiger partial charge in [-0.15, -0.1) is 0 Å². The van der Waals surface area contributed by atoms with Gasteiger partial charge in [-0.3, -0.25) is 0 Å². The summed E-state index contributed by atoms with van der Waals surface area (Å²) in [7, 11) is 0. The average molecular weight is 247 g/mol. The van der Waals surface area contributed by atoms with Crippen LogP contribution in [0.1, 0.15) is 39.5 Å². The van der Waals surface area contributed by atoms with E-state index in [2.05, 4.69) is 32.2 Å². The molecule has 0 aliphatic carbocycles. The van der Waals surface area contributed by atoms with Crippen LogP contribution in [0.25, 0.3) is 11.0 Å². The number of fused-ring (bicyclic) bond motifs is 1. The van der Waals surface area contributed by atoms with Gasteiger partial charge in [-0.2, -0.15) is 0 Å². The van der Waals surface area contributed by atoms with Crippen molar-refractivity contribution in [1.29, 1.82) is 0 Å². The van der Waals surface area contributed by atoms with Gasteiger partial charge in [0.25, 0.3) is 0 Å². The van der Waals surface area contributed by atoms with Crippen LogP contribution < -0.4 is 10.1 Å². The van der Waals surface area contributed by atoms with Gasteiger partial charge in [0, 0.05) is 11.4 Å². The lowest BCUT2D eigenvalue weighted by Gasteiger charge is -2.14. The highest BCUT2D eigenvalue weighted by atomic mass is 16.5. The molecule has 3 nitrogen and oxygen atoms in total. The van der Waals surface area contributed by atoms with Gasteiger partial charge in [0.1, 0.15) is 5.76 Å². The van der Waals surface area contributed by atoms with Crippen LogP contribution in [0.4, 0.5) is 0 Å². The lowest BCUT2D eigenvalue weighted by molar-refractivity contribution is 0.335. The van der Waals surface area contributed by atoms with Gasteiger partial charge in [-0.05, 0) is 26.0 Å². The lowest BCUT2D eigenvalue weighted by Crippen LogP contribution is -2.25. The molecule has 0 bridgehead atoms. The van der Waals surface area contributed by atoms with Crippen LogP contribution in [0.15, 0.2) is 28.7 Å². The van der Waals surface area contributed by atoms with Crippen LogP contribution in [-0.4, -0.2) is 12.6 Å². The molecule has 98 valence electrons. The number of hydrogen-bond acceptors (Lipinski definition) is 3. The molecule has 1 aromatic carbocycles. The number of ether oxygens (including phenoxy) is 1. The minimum Gasteiger partial charge on any atom is -0.490 e. The summed E-state index contributed by atoms with van der Waals surface area (Å²) in [4.78, 5) is 0. The average Bonchev–Trinajstić information content (AvgIpc) is 2.73. The summed E-state index contributed by atoms with van der Waals surface area (Å²) in [5, 5.41) is 4.53. The normalized spacial score (nSPS) is 13.2. The molecule has 0 radical (unpaired) electrons. The zero-order chi connectivity index (χ0) is 13.1. The molecule has 1 aromatic heterocycles. The Balaban J connectivity index is 2.34. The van der Waals surface area contributed by atoms with E-state index in [0.717, 1.165) is 22.5 Å². The van der Waals surface area contributed by atoms with Crippen molar-refractivity contribution in [3.63, 3.8) is 0 Å².